The Kier molecular flexibility index (Phi) is 5.75. The summed E-state index contributed by atoms with van der Waals surface area (Å²) in [6.45, 7) is 0.639. The summed E-state index contributed by atoms with van der Waals surface area (Å²) in [5, 5.41) is 0. The van der Waals surface area contributed by atoms with Crippen LogP contribution in [0.15, 0.2) is 29.2 Å². The van der Waals surface area contributed by atoms with Crippen LogP contribution in [0.1, 0.15) is 36.0 Å². The molecule has 0 aromatic heterocycles. The topological polar surface area (TPSA) is 66.5 Å². The molecule has 2 bridgehead atoms. The zero-order valence-electron chi connectivity index (χ0n) is 14.8. The molecule has 2 aliphatic rings. The van der Waals surface area contributed by atoms with Crippen LogP contribution in [0.4, 0.5) is 0 Å². The van der Waals surface area contributed by atoms with Crippen molar-refractivity contribution in [3.63, 3.8) is 0 Å². The van der Waals surface area contributed by atoms with Gasteiger partial charge in [0, 0.05) is 31.0 Å². The first-order valence-corrected chi connectivity index (χ1v) is 11.6. The highest BCUT2D eigenvalue weighted by molar-refractivity contribution is 7.98. The van der Waals surface area contributed by atoms with Gasteiger partial charge in [-0.25, -0.2) is 13.1 Å². The van der Waals surface area contributed by atoms with Gasteiger partial charge in [0.1, 0.15) is 0 Å². The van der Waals surface area contributed by atoms with Crippen LogP contribution in [0.25, 0.3) is 0 Å². The Morgan fingerprint density at radius 1 is 1.32 bits per heavy atom. The maximum atomic E-state index is 12.7. The highest BCUT2D eigenvalue weighted by Gasteiger charge is 2.41. The number of thioether (sulfide) groups is 1. The zero-order chi connectivity index (χ0) is 18.0. The summed E-state index contributed by atoms with van der Waals surface area (Å²) in [4.78, 5) is 14.3. The average Bonchev–Trinajstić information content (AvgIpc) is 3.21. The maximum Gasteiger partial charge on any atom is 0.253 e. The Morgan fingerprint density at radius 3 is 2.76 bits per heavy atom. The minimum atomic E-state index is -3.59. The molecule has 3 atom stereocenters. The van der Waals surface area contributed by atoms with Crippen molar-refractivity contribution >= 4 is 27.7 Å². The molecule has 3 rings (SSSR count). The van der Waals surface area contributed by atoms with Gasteiger partial charge in [-0.15, -0.1) is 0 Å². The fourth-order valence-corrected chi connectivity index (χ4v) is 5.82. The average molecular weight is 383 g/mol. The maximum absolute atomic E-state index is 12.7. The van der Waals surface area contributed by atoms with E-state index in [9.17, 15) is 13.2 Å². The van der Waals surface area contributed by atoms with E-state index in [-0.39, 0.29) is 16.8 Å². The van der Waals surface area contributed by atoms with Crippen LogP contribution in [0.3, 0.4) is 0 Å². The molecule has 7 heteroatoms. The van der Waals surface area contributed by atoms with E-state index in [2.05, 4.69) is 4.72 Å². The summed E-state index contributed by atoms with van der Waals surface area (Å²) in [5.41, 5.74) is 0.416. The van der Waals surface area contributed by atoms with Gasteiger partial charge in [0.15, 0.2) is 0 Å². The number of hydrogen-bond donors (Lipinski definition) is 1. The monoisotopic (exact) mass is 382 g/mol. The second kappa shape index (κ2) is 7.68. The fraction of sp³-hybridized carbons (Fsp3) is 0.611. The van der Waals surface area contributed by atoms with Crippen molar-refractivity contribution < 1.29 is 13.2 Å². The smallest absolute Gasteiger partial charge is 0.253 e. The first-order valence-electron chi connectivity index (χ1n) is 8.77. The molecule has 1 N–H and O–H groups in total. The van der Waals surface area contributed by atoms with Gasteiger partial charge in [0.05, 0.1) is 4.90 Å². The SMILES string of the molecule is CSCCN(C)C(=O)c1cccc(S(=O)(=O)N[C@@H]2C[C@H]3CC[C@@H]2C3)c1. The largest absolute Gasteiger partial charge is 0.341 e. The summed E-state index contributed by atoms with van der Waals surface area (Å²) in [6, 6.07) is 6.42. The Morgan fingerprint density at radius 2 is 2.12 bits per heavy atom. The van der Waals surface area contributed by atoms with Crippen LogP contribution in [-0.4, -0.2) is 50.9 Å². The first kappa shape index (κ1) is 18.7. The van der Waals surface area contributed by atoms with Crippen LogP contribution in [0.5, 0.6) is 0 Å². The molecular formula is C18H26N2O3S2. The van der Waals surface area contributed by atoms with Gasteiger partial charge >= 0.3 is 0 Å². The lowest BCUT2D eigenvalue weighted by Gasteiger charge is -2.23. The number of benzene rings is 1. The third kappa shape index (κ3) is 4.20. The van der Waals surface area contributed by atoms with Gasteiger partial charge in [-0.3, -0.25) is 4.79 Å². The van der Waals surface area contributed by atoms with E-state index >= 15 is 0 Å². The number of sulfonamides is 1. The van der Waals surface area contributed by atoms with Gasteiger partial charge in [-0.2, -0.15) is 11.8 Å². The number of fused-ring (bicyclic) bond motifs is 2. The van der Waals surface area contributed by atoms with E-state index in [1.807, 2.05) is 6.26 Å². The second-order valence-corrected chi connectivity index (χ2v) is 9.85. The standard InChI is InChI=1S/C18H26N2O3S2/c1-20(8-9-24-2)18(21)15-4-3-5-16(12-15)25(22,23)19-17-11-13-6-7-14(17)10-13/h3-5,12-14,17,19H,6-11H2,1-2H3/t13-,14+,17+/m0/s1. The number of carbonyl (C=O) groups is 1. The Balaban J connectivity index is 1.72. The zero-order valence-corrected chi connectivity index (χ0v) is 16.4. The summed E-state index contributed by atoms with van der Waals surface area (Å²) in [6.07, 6.45) is 6.44. The summed E-state index contributed by atoms with van der Waals surface area (Å²) in [5.74, 6) is 1.86. The van der Waals surface area contributed by atoms with E-state index in [0.717, 1.165) is 25.0 Å². The molecule has 0 aliphatic heterocycles. The normalized spacial score (nSPS) is 25.3. The number of nitrogens with zero attached hydrogens (tertiary/aromatic N) is 1. The third-order valence-corrected chi connectivity index (χ3v) is 7.49. The highest BCUT2D eigenvalue weighted by Crippen LogP contribution is 2.44. The molecule has 0 radical (unpaired) electrons. The first-order chi connectivity index (χ1) is 11.9. The molecule has 1 amide bonds. The van der Waals surface area contributed by atoms with Gasteiger partial charge in [-0.1, -0.05) is 12.5 Å². The lowest BCUT2D eigenvalue weighted by atomic mass is 9.96. The van der Waals surface area contributed by atoms with Crippen LogP contribution in [0, 0.1) is 11.8 Å². The molecule has 1 aromatic rings. The van der Waals surface area contributed by atoms with Gasteiger partial charge in [0.25, 0.3) is 5.91 Å². The Labute approximate surface area is 154 Å². The Hall–Kier alpha value is -1.05. The summed E-state index contributed by atoms with van der Waals surface area (Å²) in [7, 11) is -1.85. The van der Waals surface area contributed by atoms with Crippen molar-refractivity contribution in [3.05, 3.63) is 29.8 Å². The molecule has 2 saturated carbocycles. The molecule has 0 saturated heterocycles. The molecular weight excluding hydrogens is 356 g/mol. The molecule has 0 spiro atoms. The van der Waals surface area contributed by atoms with Gasteiger partial charge < -0.3 is 4.90 Å². The predicted molar refractivity (Wildman–Crippen MR) is 101 cm³/mol. The number of rotatable bonds is 7. The molecule has 2 aliphatic carbocycles. The van der Waals surface area contributed by atoms with E-state index in [1.54, 1.807) is 41.9 Å². The predicted octanol–water partition coefficient (Wildman–Crippen LogP) is 2.59. The second-order valence-electron chi connectivity index (χ2n) is 7.15. The van der Waals surface area contributed by atoms with E-state index < -0.39 is 10.0 Å². The van der Waals surface area contributed by atoms with Crippen LogP contribution < -0.4 is 4.72 Å². The van der Waals surface area contributed by atoms with Crippen molar-refractivity contribution in [3.8, 4) is 0 Å². The lowest BCUT2D eigenvalue weighted by molar-refractivity contribution is 0.0803. The minimum absolute atomic E-state index is 0.0485. The fourth-order valence-electron chi connectivity index (χ4n) is 4.00. The molecule has 0 unspecified atom stereocenters. The van der Waals surface area contributed by atoms with Crippen molar-refractivity contribution in [1.29, 1.82) is 0 Å². The van der Waals surface area contributed by atoms with Gasteiger partial charge in [-0.05, 0) is 55.6 Å². The van der Waals surface area contributed by atoms with Crippen LogP contribution >= 0.6 is 11.8 Å². The van der Waals surface area contributed by atoms with E-state index in [0.29, 0.717) is 23.9 Å². The minimum Gasteiger partial charge on any atom is -0.341 e. The highest BCUT2D eigenvalue weighted by atomic mass is 32.2. The number of amides is 1. The molecule has 25 heavy (non-hydrogen) atoms. The molecule has 138 valence electrons. The molecule has 5 nitrogen and oxygen atoms in total. The van der Waals surface area contributed by atoms with Crippen LogP contribution in [-0.2, 0) is 10.0 Å². The van der Waals surface area contributed by atoms with Crippen molar-refractivity contribution in [1.82, 2.24) is 9.62 Å². The van der Waals surface area contributed by atoms with Crippen molar-refractivity contribution in [2.75, 3.05) is 25.6 Å². The Bertz CT molecular complexity index is 736. The molecule has 2 fully saturated rings. The summed E-state index contributed by atoms with van der Waals surface area (Å²) < 4.78 is 28.4. The molecule has 0 heterocycles. The van der Waals surface area contributed by atoms with E-state index in [4.69, 9.17) is 0 Å². The third-order valence-electron chi connectivity index (χ3n) is 5.41. The number of carbonyl (C=O) groups excluding carboxylic acids is 1. The summed E-state index contributed by atoms with van der Waals surface area (Å²) >= 11 is 1.67. The van der Waals surface area contributed by atoms with Crippen molar-refractivity contribution in [2.45, 2.75) is 36.6 Å². The van der Waals surface area contributed by atoms with Gasteiger partial charge in [0.2, 0.25) is 10.0 Å². The quantitative estimate of drug-likeness (QED) is 0.787. The lowest BCUT2D eigenvalue weighted by Crippen LogP contribution is -2.38. The van der Waals surface area contributed by atoms with Crippen LogP contribution in [0.2, 0.25) is 0 Å². The van der Waals surface area contributed by atoms with Crippen molar-refractivity contribution in [2.24, 2.45) is 11.8 Å². The number of nitrogens with one attached hydrogen (secondary N) is 1. The number of hydrogen-bond acceptors (Lipinski definition) is 4. The molecule has 1 aromatic carbocycles. The van der Waals surface area contributed by atoms with E-state index in [1.165, 1.54) is 12.5 Å².